The van der Waals surface area contributed by atoms with Gasteiger partial charge < -0.3 is 5.11 Å². The van der Waals surface area contributed by atoms with Crippen LogP contribution >= 0.6 is 0 Å². The molecule has 0 aromatic carbocycles. The maximum atomic E-state index is 9.91. The zero-order valence-corrected chi connectivity index (χ0v) is 9.14. The van der Waals surface area contributed by atoms with Gasteiger partial charge in [-0.05, 0) is 31.1 Å². The summed E-state index contributed by atoms with van der Waals surface area (Å²) in [7, 11) is 0. The lowest BCUT2D eigenvalue weighted by Crippen LogP contribution is -2.37. The van der Waals surface area contributed by atoms with E-state index in [1.54, 1.807) is 0 Å². The van der Waals surface area contributed by atoms with Gasteiger partial charge in [-0.1, -0.05) is 38.8 Å². The van der Waals surface area contributed by atoms with Gasteiger partial charge in [0, 0.05) is 0 Å². The first-order valence-electron chi connectivity index (χ1n) is 5.30. The molecule has 2 unspecified atom stereocenters. The van der Waals surface area contributed by atoms with Crippen LogP contribution < -0.4 is 0 Å². The second-order valence-electron chi connectivity index (χ2n) is 4.96. The second-order valence-corrected chi connectivity index (χ2v) is 4.96. The van der Waals surface area contributed by atoms with Crippen LogP contribution in [0.4, 0.5) is 0 Å². The van der Waals surface area contributed by atoms with E-state index in [2.05, 4.69) is 27.4 Å². The van der Waals surface area contributed by atoms with Gasteiger partial charge in [0.2, 0.25) is 0 Å². The van der Waals surface area contributed by atoms with Crippen LogP contribution in [0.25, 0.3) is 0 Å². The average molecular weight is 182 g/mol. The highest BCUT2D eigenvalue weighted by atomic mass is 16.3. The number of hydrogen-bond acceptors (Lipinski definition) is 1. The van der Waals surface area contributed by atoms with Crippen molar-refractivity contribution in [2.45, 2.75) is 52.6 Å². The normalized spacial score (nSPS) is 30.2. The predicted molar refractivity (Wildman–Crippen MR) is 56.6 cm³/mol. The molecule has 2 atom stereocenters. The Kier molecular flexibility index (Phi) is 3.18. The van der Waals surface area contributed by atoms with Gasteiger partial charge in [0.1, 0.15) is 0 Å². The Balaban J connectivity index is 2.73. The molecule has 1 saturated carbocycles. The molecular weight excluding hydrogens is 160 g/mol. The molecule has 0 saturated heterocycles. The number of aliphatic hydroxyl groups is 1. The molecule has 1 aliphatic rings. The Morgan fingerprint density at radius 3 is 2.31 bits per heavy atom. The molecular formula is C12H22O. The quantitative estimate of drug-likeness (QED) is 0.650. The molecule has 1 rings (SSSR count). The van der Waals surface area contributed by atoms with E-state index in [1.165, 1.54) is 18.4 Å². The highest BCUT2D eigenvalue weighted by molar-refractivity contribution is 5.07. The molecule has 0 spiro atoms. The van der Waals surface area contributed by atoms with Crippen LogP contribution in [0.2, 0.25) is 0 Å². The number of aliphatic hydroxyl groups excluding tert-OH is 1. The molecule has 1 nitrogen and oxygen atoms in total. The van der Waals surface area contributed by atoms with Gasteiger partial charge >= 0.3 is 0 Å². The minimum atomic E-state index is -0.111. The van der Waals surface area contributed by atoms with Crippen molar-refractivity contribution in [2.24, 2.45) is 11.3 Å². The monoisotopic (exact) mass is 182 g/mol. The van der Waals surface area contributed by atoms with E-state index in [4.69, 9.17) is 0 Å². The molecule has 76 valence electrons. The van der Waals surface area contributed by atoms with Gasteiger partial charge in [-0.25, -0.2) is 0 Å². The minimum Gasteiger partial charge on any atom is -0.393 e. The molecule has 0 amide bonds. The predicted octanol–water partition coefficient (Wildman–Crippen LogP) is 3.14. The molecule has 0 aromatic rings. The first kappa shape index (κ1) is 10.8. The van der Waals surface area contributed by atoms with Crippen LogP contribution in [-0.4, -0.2) is 11.2 Å². The number of hydrogen-bond donors (Lipinski definition) is 1. The summed E-state index contributed by atoms with van der Waals surface area (Å²) in [6, 6.07) is 0. The smallest absolute Gasteiger partial charge is 0.0576 e. The molecule has 0 heterocycles. The summed E-state index contributed by atoms with van der Waals surface area (Å²) in [6.07, 6.45) is 4.46. The van der Waals surface area contributed by atoms with Crippen molar-refractivity contribution in [3.05, 3.63) is 12.2 Å². The fraction of sp³-hybridized carbons (Fsp3) is 0.833. The van der Waals surface area contributed by atoms with Gasteiger partial charge in [0.15, 0.2) is 0 Å². The zero-order valence-electron chi connectivity index (χ0n) is 9.14. The summed E-state index contributed by atoms with van der Waals surface area (Å²) in [5, 5.41) is 9.91. The third-order valence-electron chi connectivity index (χ3n) is 3.76. The first-order chi connectivity index (χ1) is 5.96. The van der Waals surface area contributed by atoms with Crippen molar-refractivity contribution in [3.63, 3.8) is 0 Å². The van der Waals surface area contributed by atoms with Gasteiger partial charge in [0.25, 0.3) is 0 Å². The second kappa shape index (κ2) is 3.83. The molecule has 1 fully saturated rings. The highest BCUT2D eigenvalue weighted by Gasteiger charge is 2.36. The zero-order chi connectivity index (χ0) is 10.1. The van der Waals surface area contributed by atoms with Gasteiger partial charge in [-0.15, -0.1) is 0 Å². The van der Waals surface area contributed by atoms with Crippen LogP contribution in [0, 0.1) is 11.3 Å². The lowest BCUT2D eigenvalue weighted by atomic mass is 9.66. The summed E-state index contributed by atoms with van der Waals surface area (Å²) in [6.45, 7) is 10.5. The van der Waals surface area contributed by atoms with Crippen LogP contribution in [0.1, 0.15) is 46.5 Å². The van der Waals surface area contributed by atoms with Crippen molar-refractivity contribution < 1.29 is 5.11 Å². The molecule has 0 bridgehead atoms. The summed E-state index contributed by atoms with van der Waals surface area (Å²) in [4.78, 5) is 0. The molecule has 0 aromatic heterocycles. The van der Waals surface area contributed by atoms with E-state index in [1.807, 2.05) is 0 Å². The Morgan fingerprint density at radius 2 is 1.85 bits per heavy atom. The van der Waals surface area contributed by atoms with Gasteiger partial charge in [-0.2, -0.15) is 0 Å². The van der Waals surface area contributed by atoms with Crippen molar-refractivity contribution in [1.29, 1.82) is 0 Å². The van der Waals surface area contributed by atoms with Crippen LogP contribution in [0.3, 0.4) is 0 Å². The number of allylic oxidation sites excluding steroid dienone is 1. The van der Waals surface area contributed by atoms with E-state index in [-0.39, 0.29) is 11.5 Å². The molecule has 13 heavy (non-hydrogen) atoms. The standard InChI is InChI=1S/C12H22O/c1-9(2)12(3,4)10-7-5-6-8-11(10)13/h10-11,13H,1,5-8H2,2-4H3. The lowest BCUT2D eigenvalue weighted by Gasteiger charge is -2.40. The highest BCUT2D eigenvalue weighted by Crippen LogP contribution is 2.42. The average Bonchev–Trinajstić information content (AvgIpc) is 2.04. The van der Waals surface area contributed by atoms with Crippen molar-refractivity contribution in [2.75, 3.05) is 0 Å². The summed E-state index contributed by atoms with van der Waals surface area (Å²) in [5.41, 5.74) is 1.29. The number of rotatable bonds is 2. The largest absolute Gasteiger partial charge is 0.393 e. The molecule has 1 aliphatic carbocycles. The fourth-order valence-corrected chi connectivity index (χ4v) is 2.27. The van der Waals surface area contributed by atoms with Crippen molar-refractivity contribution in [1.82, 2.24) is 0 Å². The fourth-order valence-electron chi connectivity index (χ4n) is 2.27. The summed E-state index contributed by atoms with van der Waals surface area (Å²) >= 11 is 0. The van der Waals surface area contributed by atoms with E-state index >= 15 is 0 Å². The SMILES string of the molecule is C=C(C)C(C)(C)C1CCCCC1O. The maximum Gasteiger partial charge on any atom is 0.0576 e. The van der Waals surface area contributed by atoms with Crippen molar-refractivity contribution in [3.8, 4) is 0 Å². The Morgan fingerprint density at radius 1 is 1.31 bits per heavy atom. The van der Waals surface area contributed by atoms with Crippen LogP contribution in [0.15, 0.2) is 12.2 Å². The van der Waals surface area contributed by atoms with Crippen molar-refractivity contribution >= 4 is 0 Å². The molecule has 0 radical (unpaired) electrons. The minimum absolute atomic E-state index is 0.0971. The van der Waals surface area contributed by atoms with E-state index in [0.29, 0.717) is 5.92 Å². The Bertz CT molecular complexity index is 193. The van der Waals surface area contributed by atoms with Crippen LogP contribution in [0.5, 0.6) is 0 Å². The van der Waals surface area contributed by atoms with E-state index in [0.717, 1.165) is 12.8 Å². The van der Waals surface area contributed by atoms with Gasteiger partial charge in [0.05, 0.1) is 6.10 Å². The van der Waals surface area contributed by atoms with Crippen LogP contribution in [-0.2, 0) is 0 Å². The Labute approximate surface area is 81.9 Å². The maximum absolute atomic E-state index is 9.91. The molecule has 0 aliphatic heterocycles. The third-order valence-corrected chi connectivity index (χ3v) is 3.76. The lowest BCUT2D eigenvalue weighted by molar-refractivity contribution is 0.0175. The van der Waals surface area contributed by atoms with E-state index < -0.39 is 0 Å². The topological polar surface area (TPSA) is 20.2 Å². The van der Waals surface area contributed by atoms with Gasteiger partial charge in [-0.3, -0.25) is 0 Å². The Hall–Kier alpha value is -0.300. The summed E-state index contributed by atoms with van der Waals surface area (Å²) < 4.78 is 0. The summed E-state index contributed by atoms with van der Waals surface area (Å²) in [5.74, 6) is 0.416. The first-order valence-corrected chi connectivity index (χ1v) is 5.30. The molecule has 1 heteroatoms. The van der Waals surface area contributed by atoms with E-state index in [9.17, 15) is 5.11 Å². The molecule has 1 N–H and O–H groups in total. The third kappa shape index (κ3) is 2.14.